The Kier molecular flexibility index (Phi) is 4.43. The molecular weight excluding hydrogens is 266 g/mol. The van der Waals surface area contributed by atoms with E-state index in [-0.39, 0.29) is 5.91 Å². The molecule has 0 aliphatic rings. The van der Waals surface area contributed by atoms with Crippen molar-refractivity contribution in [3.8, 4) is 0 Å². The van der Waals surface area contributed by atoms with E-state index in [1.165, 1.54) is 0 Å². The monoisotopic (exact) mass is 281 g/mol. The topological polar surface area (TPSA) is 68.0 Å². The third-order valence-electron chi connectivity index (χ3n) is 2.32. The van der Waals surface area contributed by atoms with Crippen molar-refractivity contribution in [2.24, 2.45) is 0 Å². The van der Waals surface area contributed by atoms with Gasteiger partial charge in [0.15, 0.2) is 4.34 Å². The molecule has 0 spiro atoms. The van der Waals surface area contributed by atoms with Crippen LogP contribution in [-0.4, -0.2) is 23.2 Å². The second kappa shape index (κ2) is 6.06. The summed E-state index contributed by atoms with van der Waals surface area (Å²) in [4.78, 5) is 15.8. The minimum atomic E-state index is 0.0929. The fourth-order valence-electron chi connectivity index (χ4n) is 1.50. The summed E-state index contributed by atoms with van der Waals surface area (Å²) >= 11 is 3.23. The zero-order chi connectivity index (χ0) is 13.0. The Balaban J connectivity index is 1.94. The zero-order valence-corrected chi connectivity index (χ0v) is 11.7. The number of thioether (sulfide) groups is 1. The van der Waals surface area contributed by atoms with Crippen molar-refractivity contribution >= 4 is 44.9 Å². The van der Waals surface area contributed by atoms with Gasteiger partial charge in [-0.1, -0.05) is 11.8 Å². The maximum atomic E-state index is 11.3. The second-order valence-electron chi connectivity index (χ2n) is 3.76. The molecular formula is C12H15N3OS2. The van der Waals surface area contributed by atoms with Gasteiger partial charge in [-0.3, -0.25) is 4.79 Å². The number of nitrogens with two attached hydrogens (primary N) is 1. The van der Waals surface area contributed by atoms with Crippen LogP contribution in [0, 0.1) is 0 Å². The van der Waals surface area contributed by atoms with E-state index >= 15 is 0 Å². The third kappa shape index (κ3) is 3.36. The van der Waals surface area contributed by atoms with Crippen molar-refractivity contribution < 1.29 is 4.79 Å². The van der Waals surface area contributed by atoms with Crippen molar-refractivity contribution in [2.75, 3.05) is 18.0 Å². The molecule has 0 aliphatic heterocycles. The number of carbonyl (C=O) groups excluding carboxylic acids is 1. The summed E-state index contributed by atoms with van der Waals surface area (Å²) in [6.07, 6.45) is 0.524. The predicted octanol–water partition coefficient (Wildman–Crippen LogP) is 2.50. The standard InChI is InChI=1S/C12H15N3OS2/c1-2-14-11(16)5-6-17-12-15-9-4-3-8(13)7-10(9)18-12/h3-4,7H,2,5-6,13H2,1H3,(H,14,16). The number of anilines is 1. The first-order valence-corrected chi connectivity index (χ1v) is 7.55. The quantitative estimate of drug-likeness (QED) is 0.652. The highest BCUT2D eigenvalue weighted by Gasteiger charge is 2.06. The van der Waals surface area contributed by atoms with Gasteiger partial charge in [-0.2, -0.15) is 0 Å². The molecule has 0 saturated carbocycles. The van der Waals surface area contributed by atoms with Crippen LogP contribution in [0.25, 0.3) is 10.2 Å². The maximum Gasteiger partial charge on any atom is 0.220 e. The van der Waals surface area contributed by atoms with Crippen molar-refractivity contribution in [2.45, 2.75) is 17.7 Å². The first-order chi connectivity index (χ1) is 8.69. The molecule has 0 saturated heterocycles. The van der Waals surface area contributed by atoms with Gasteiger partial charge in [0.25, 0.3) is 0 Å². The Bertz CT molecular complexity index is 553. The van der Waals surface area contributed by atoms with Gasteiger partial charge in [-0.05, 0) is 25.1 Å². The SMILES string of the molecule is CCNC(=O)CCSc1nc2ccc(N)cc2s1. The summed E-state index contributed by atoms with van der Waals surface area (Å²) in [5.74, 6) is 0.844. The number of rotatable bonds is 5. The molecule has 6 heteroatoms. The fourth-order valence-corrected chi connectivity index (χ4v) is 3.62. The molecule has 1 aromatic heterocycles. The highest BCUT2D eigenvalue weighted by Crippen LogP contribution is 2.30. The van der Waals surface area contributed by atoms with Gasteiger partial charge < -0.3 is 11.1 Å². The van der Waals surface area contributed by atoms with Crippen LogP contribution in [0.15, 0.2) is 22.5 Å². The van der Waals surface area contributed by atoms with Gasteiger partial charge in [0.05, 0.1) is 10.2 Å². The summed E-state index contributed by atoms with van der Waals surface area (Å²) in [7, 11) is 0. The molecule has 0 atom stereocenters. The van der Waals surface area contributed by atoms with E-state index < -0.39 is 0 Å². The average molecular weight is 281 g/mol. The molecule has 4 nitrogen and oxygen atoms in total. The van der Waals surface area contributed by atoms with E-state index in [9.17, 15) is 4.79 Å². The van der Waals surface area contributed by atoms with Crippen LogP contribution in [0.4, 0.5) is 5.69 Å². The van der Waals surface area contributed by atoms with Crippen LogP contribution in [-0.2, 0) is 4.79 Å². The van der Waals surface area contributed by atoms with Crippen LogP contribution in [0.1, 0.15) is 13.3 Å². The zero-order valence-electron chi connectivity index (χ0n) is 10.1. The van der Waals surface area contributed by atoms with E-state index in [4.69, 9.17) is 5.73 Å². The number of nitrogens with one attached hydrogen (secondary N) is 1. The van der Waals surface area contributed by atoms with Crippen LogP contribution in [0.3, 0.4) is 0 Å². The third-order valence-corrected chi connectivity index (χ3v) is 4.48. The minimum Gasteiger partial charge on any atom is -0.399 e. The first-order valence-electron chi connectivity index (χ1n) is 5.74. The first kappa shape index (κ1) is 13.2. The highest BCUT2D eigenvalue weighted by molar-refractivity contribution is 8.01. The number of benzene rings is 1. The van der Waals surface area contributed by atoms with Crippen molar-refractivity contribution in [3.63, 3.8) is 0 Å². The molecule has 1 amide bonds. The summed E-state index contributed by atoms with van der Waals surface area (Å²) < 4.78 is 2.08. The van der Waals surface area contributed by atoms with Gasteiger partial charge in [-0.25, -0.2) is 4.98 Å². The lowest BCUT2D eigenvalue weighted by Crippen LogP contribution is -2.22. The number of nitrogens with zero attached hydrogens (tertiary/aromatic N) is 1. The highest BCUT2D eigenvalue weighted by atomic mass is 32.2. The number of aromatic nitrogens is 1. The molecule has 3 N–H and O–H groups in total. The van der Waals surface area contributed by atoms with Gasteiger partial charge in [0.1, 0.15) is 0 Å². The maximum absolute atomic E-state index is 11.3. The molecule has 0 bridgehead atoms. The minimum absolute atomic E-state index is 0.0929. The number of nitrogen functional groups attached to an aromatic ring is 1. The van der Waals surface area contributed by atoms with Crippen LogP contribution < -0.4 is 11.1 Å². The average Bonchev–Trinajstić information content (AvgIpc) is 2.71. The fraction of sp³-hybridized carbons (Fsp3) is 0.333. The molecule has 96 valence electrons. The van der Waals surface area contributed by atoms with Gasteiger partial charge >= 0.3 is 0 Å². The molecule has 1 heterocycles. The number of thiazole rings is 1. The van der Waals surface area contributed by atoms with Crippen molar-refractivity contribution in [1.82, 2.24) is 10.3 Å². The van der Waals surface area contributed by atoms with Gasteiger partial charge in [0, 0.05) is 24.4 Å². The molecule has 0 unspecified atom stereocenters. The Morgan fingerprint density at radius 3 is 3.17 bits per heavy atom. The Morgan fingerprint density at radius 2 is 2.39 bits per heavy atom. The summed E-state index contributed by atoms with van der Waals surface area (Å²) in [5.41, 5.74) is 7.45. The van der Waals surface area contributed by atoms with Crippen LogP contribution in [0.2, 0.25) is 0 Å². The molecule has 0 radical (unpaired) electrons. The second-order valence-corrected chi connectivity index (χ2v) is 6.13. The lowest BCUT2D eigenvalue weighted by atomic mass is 10.3. The van der Waals surface area contributed by atoms with E-state index in [1.807, 2.05) is 25.1 Å². The lowest BCUT2D eigenvalue weighted by molar-refractivity contribution is -0.120. The number of carbonyl (C=O) groups is 1. The smallest absolute Gasteiger partial charge is 0.220 e. The molecule has 2 aromatic rings. The molecule has 2 rings (SSSR count). The number of hydrogen-bond acceptors (Lipinski definition) is 5. The Hall–Kier alpha value is -1.27. The Labute approximate surface area is 114 Å². The lowest BCUT2D eigenvalue weighted by Gasteiger charge is -1.99. The van der Waals surface area contributed by atoms with Crippen molar-refractivity contribution in [3.05, 3.63) is 18.2 Å². The van der Waals surface area contributed by atoms with Gasteiger partial charge in [-0.15, -0.1) is 11.3 Å². The molecule has 0 fully saturated rings. The van der Waals surface area contributed by atoms with E-state index in [1.54, 1.807) is 23.1 Å². The molecule has 0 aliphatic carbocycles. The normalized spacial score (nSPS) is 10.7. The largest absolute Gasteiger partial charge is 0.399 e. The predicted molar refractivity (Wildman–Crippen MR) is 78.1 cm³/mol. The molecule has 18 heavy (non-hydrogen) atoms. The summed E-state index contributed by atoms with van der Waals surface area (Å²) in [6.45, 7) is 2.60. The van der Waals surface area contributed by atoms with Crippen molar-refractivity contribution in [1.29, 1.82) is 0 Å². The van der Waals surface area contributed by atoms with E-state index in [0.29, 0.717) is 13.0 Å². The summed E-state index contributed by atoms with van der Waals surface area (Å²) in [5, 5.41) is 2.78. The van der Waals surface area contributed by atoms with Gasteiger partial charge in [0.2, 0.25) is 5.91 Å². The number of amides is 1. The van der Waals surface area contributed by atoms with Crippen LogP contribution >= 0.6 is 23.1 Å². The van der Waals surface area contributed by atoms with E-state index in [2.05, 4.69) is 10.3 Å². The summed E-state index contributed by atoms with van der Waals surface area (Å²) in [6, 6.07) is 5.71. The van der Waals surface area contributed by atoms with Crippen LogP contribution in [0.5, 0.6) is 0 Å². The number of hydrogen-bond donors (Lipinski definition) is 2. The molecule has 1 aromatic carbocycles. The van der Waals surface area contributed by atoms with E-state index in [0.717, 1.165) is 26.0 Å². The Morgan fingerprint density at radius 1 is 1.56 bits per heavy atom. The number of fused-ring (bicyclic) bond motifs is 1.